The number of hydrogen-bond acceptors (Lipinski definition) is 3. The maximum Gasteiger partial charge on any atom is 0.246 e. The first-order valence-electron chi connectivity index (χ1n) is 8.00. The number of nitrogens with zero attached hydrogens (tertiary/aromatic N) is 1. The molecule has 132 valence electrons. The van der Waals surface area contributed by atoms with Gasteiger partial charge in [-0.1, -0.05) is 18.2 Å². The van der Waals surface area contributed by atoms with E-state index in [2.05, 4.69) is 0 Å². The van der Waals surface area contributed by atoms with Gasteiger partial charge in [-0.15, -0.1) is 0 Å². The lowest BCUT2D eigenvalue weighted by Crippen LogP contribution is -2.28. The minimum atomic E-state index is -0.327. The highest BCUT2D eigenvalue weighted by Crippen LogP contribution is 2.28. The Labute approximate surface area is 147 Å². The molecule has 0 spiro atoms. The Balaban J connectivity index is 2.10. The number of carbonyl (C=O) groups excluding carboxylic acids is 1. The van der Waals surface area contributed by atoms with E-state index in [0.717, 1.165) is 5.56 Å². The standard InChI is InChI=1S/C20H22FNO3/c1-4-22(14-16-8-10-18(24-2)19(13-16)25-3)20(23)11-9-15-6-5-7-17(21)12-15/h5-13H,4,14H2,1-3H3/b11-9+. The Hall–Kier alpha value is -2.82. The molecule has 2 rings (SSSR count). The molecule has 0 aliphatic heterocycles. The summed E-state index contributed by atoms with van der Waals surface area (Å²) >= 11 is 0. The van der Waals surface area contributed by atoms with Gasteiger partial charge in [0.25, 0.3) is 0 Å². The van der Waals surface area contributed by atoms with E-state index < -0.39 is 0 Å². The second-order valence-corrected chi connectivity index (χ2v) is 5.43. The van der Waals surface area contributed by atoms with Crippen molar-refractivity contribution in [3.8, 4) is 11.5 Å². The third kappa shape index (κ3) is 5.08. The first-order chi connectivity index (χ1) is 12.1. The number of carbonyl (C=O) groups is 1. The van der Waals surface area contributed by atoms with Gasteiger partial charge in [0.2, 0.25) is 5.91 Å². The van der Waals surface area contributed by atoms with Gasteiger partial charge in [-0.2, -0.15) is 0 Å². The van der Waals surface area contributed by atoms with Gasteiger partial charge in [0.15, 0.2) is 11.5 Å². The molecule has 5 heteroatoms. The van der Waals surface area contributed by atoms with Gasteiger partial charge < -0.3 is 14.4 Å². The second kappa shape index (κ2) is 8.87. The van der Waals surface area contributed by atoms with Crippen molar-refractivity contribution in [1.29, 1.82) is 0 Å². The van der Waals surface area contributed by atoms with Gasteiger partial charge in [0, 0.05) is 19.2 Å². The Bertz CT molecular complexity index is 758. The molecule has 4 nitrogen and oxygen atoms in total. The molecule has 0 saturated heterocycles. The topological polar surface area (TPSA) is 38.8 Å². The molecule has 0 atom stereocenters. The van der Waals surface area contributed by atoms with Gasteiger partial charge >= 0.3 is 0 Å². The highest BCUT2D eigenvalue weighted by molar-refractivity contribution is 5.91. The highest BCUT2D eigenvalue weighted by Gasteiger charge is 2.11. The minimum Gasteiger partial charge on any atom is -0.493 e. The van der Waals surface area contributed by atoms with Crippen LogP contribution in [0.1, 0.15) is 18.1 Å². The van der Waals surface area contributed by atoms with Crippen LogP contribution in [0.3, 0.4) is 0 Å². The fourth-order valence-corrected chi connectivity index (χ4v) is 2.43. The van der Waals surface area contributed by atoms with Crippen LogP contribution in [0.15, 0.2) is 48.5 Å². The zero-order valence-electron chi connectivity index (χ0n) is 14.7. The largest absolute Gasteiger partial charge is 0.493 e. The van der Waals surface area contributed by atoms with E-state index in [4.69, 9.17) is 9.47 Å². The summed E-state index contributed by atoms with van der Waals surface area (Å²) in [4.78, 5) is 14.1. The Morgan fingerprint density at radius 1 is 1.12 bits per heavy atom. The summed E-state index contributed by atoms with van der Waals surface area (Å²) in [7, 11) is 3.16. The number of benzene rings is 2. The Morgan fingerprint density at radius 2 is 1.88 bits per heavy atom. The van der Waals surface area contributed by atoms with E-state index in [0.29, 0.717) is 30.2 Å². The molecule has 0 N–H and O–H groups in total. The van der Waals surface area contributed by atoms with Crippen LogP contribution < -0.4 is 9.47 Å². The number of amides is 1. The summed E-state index contributed by atoms with van der Waals surface area (Å²) in [5, 5.41) is 0. The van der Waals surface area contributed by atoms with Crippen LogP contribution in [0, 0.1) is 5.82 Å². The lowest BCUT2D eigenvalue weighted by atomic mass is 10.1. The molecular formula is C20H22FNO3. The molecule has 0 aliphatic carbocycles. The summed E-state index contributed by atoms with van der Waals surface area (Å²) in [6.07, 6.45) is 3.07. The third-order valence-electron chi connectivity index (χ3n) is 3.78. The average Bonchev–Trinajstić information content (AvgIpc) is 2.64. The van der Waals surface area contributed by atoms with Crippen LogP contribution in [0.25, 0.3) is 6.08 Å². The van der Waals surface area contributed by atoms with Gasteiger partial charge in [0.05, 0.1) is 14.2 Å². The number of rotatable bonds is 7. The van der Waals surface area contributed by atoms with Crippen LogP contribution in [0.2, 0.25) is 0 Å². The van der Waals surface area contributed by atoms with E-state index in [-0.39, 0.29) is 11.7 Å². The van der Waals surface area contributed by atoms with Crippen molar-refractivity contribution in [1.82, 2.24) is 4.90 Å². The Morgan fingerprint density at radius 3 is 2.52 bits per heavy atom. The fourth-order valence-electron chi connectivity index (χ4n) is 2.43. The molecule has 2 aromatic rings. The molecule has 0 fully saturated rings. The van der Waals surface area contributed by atoms with Crippen LogP contribution in [0.5, 0.6) is 11.5 Å². The van der Waals surface area contributed by atoms with Crippen molar-refractivity contribution in [2.45, 2.75) is 13.5 Å². The van der Waals surface area contributed by atoms with Crippen molar-refractivity contribution < 1.29 is 18.7 Å². The quantitative estimate of drug-likeness (QED) is 0.716. The van der Waals surface area contributed by atoms with Crippen LogP contribution in [-0.2, 0) is 11.3 Å². The smallest absolute Gasteiger partial charge is 0.246 e. The summed E-state index contributed by atoms with van der Waals surface area (Å²) in [6.45, 7) is 2.92. The third-order valence-corrected chi connectivity index (χ3v) is 3.78. The average molecular weight is 343 g/mol. The maximum atomic E-state index is 13.2. The van der Waals surface area contributed by atoms with Crippen molar-refractivity contribution in [3.05, 3.63) is 65.5 Å². The maximum absolute atomic E-state index is 13.2. The molecule has 25 heavy (non-hydrogen) atoms. The molecule has 1 amide bonds. The molecule has 0 unspecified atom stereocenters. The van der Waals surface area contributed by atoms with E-state index in [1.54, 1.807) is 37.3 Å². The van der Waals surface area contributed by atoms with E-state index in [9.17, 15) is 9.18 Å². The SMILES string of the molecule is CCN(Cc1ccc(OC)c(OC)c1)C(=O)/C=C/c1cccc(F)c1. The van der Waals surface area contributed by atoms with Crippen molar-refractivity contribution in [2.75, 3.05) is 20.8 Å². The monoisotopic (exact) mass is 343 g/mol. The molecule has 0 bridgehead atoms. The van der Waals surface area contributed by atoms with Gasteiger partial charge in [-0.25, -0.2) is 4.39 Å². The number of hydrogen-bond donors (Lipinski definition) is 0. The number of halogens is 1. The number of ether oxygens (including phenoxy) is 2. The van der Waals surface area contributed by atoms with Crippen molar-refractivity contribution >= 4 is 12.0 Å². The summed E-state index contributed by atoms with van der Waals surface area (Å²) in [5.74, 6) is 0.805. The van der Waals surface area contributed by atoms with Crippen LogP contribution >= 0.6 is 0 Å². The summed E-state index contributed by atoms with van der Waals surface area (Å²) in [5.41, 5.74) is 1.59. The van der Waals surface area contributed by atoms with Crippen molar-refractivity contribution in [3.63, 3.8) is 0 Å². The molecule has 0 saturated carbocycles. The zero-order valence-corrected chi connectivity index (χ0v) is 14.7. The van der Waals surface area contributed by atoms with Crippen LogP contribution in [0.4, 0.5) is 4.39 Å². The molecule has 0 aliphatic rings. The highest BCUT2D eigenvalue weighted by atomic mass is 19.1. The Kier molecular flexibility index (Phi) is 6.57. The zero-order chi connectivity index (χ0) is 18.2. The molecule has 0 radical (unpaired) electrons. The molecule has 2 aromatic carbocycles. The number of methoxy groups -OCH3 is 2. The van der Waals surface area contributed by atoms with Crippen LogP contribution in [-0.4, -0.2) is 31.6 Å². The van der Waals surface area contributed by atoms with Crippen molar-refractivity contribution in [2.24, 2.45) is 0 Å². The van der Waals surface area contributed by atoms with E-state index in [1.165, 1.54) is 18.2 Å². The fraction of sp³-hybridized carbons (Fsp3) is 0.250. The molecule has 0 aromatic heterocycles. The van der Waals surface area contributed by atoms with Gasteiger partial charge in [0.1, 0.15) is 5.82 Å². The van der Waals surface area contributed by atoms with Gasteiger partial charge in [-0.05, 0) is 48.4 Å². The summed E-state index contributed by atoms with van der Waals surface area (Å²) < 4.78 is 23.7. The predicted octanol–water partition coefficient (Wildman–Crippen LogP) is 3.90. The van der Waals surface area contributed by atoms with E-state index >= 15 is 0 Å². The van der Waals surface area contributed by atoms with E-state index in [1.807, 2.05) is 25.1 Å². The minimum absolute atomic E-state index is 0.137. The lowest BCUT2D eigenvalue weighted by Gasteiger charge is -2.20. The predicted molar refractivity (Wildman–Crippen MR) is 96.1 cm³/mol. The lowest BCUT2D eigenvalue weighted by molar-refractivity contribution is -0.126. The molecular weight excluding hydrogens is 321 g/mol. The van der Waals surface area contributed by atoms with Gasteiger partial charge in [-0.3, -0.25) is 4.79 Å². The summed E-state index contributed by atoms with van der Waals surface area (Å²) in [6, 6.07) is 11.7. The first-order valence-corrected chi connectivity index (χ1v) is 8.00. The molecule has 0 heterocycles. The normalized spacial score (nSPS) is 10.7. The first kappa shape index (κ1) is 18.5. The second-order valence-electron chi connectivity index (χ2n) is 5.43. The number of likely N-dealkylation sites (N-methyl/N-ethyl adjacent to an activating group) is 1.